The van der Waals surface area contributed by atoms with Gasteiger partial charge in [-0.3, -0.25) is 0 Å². The molecule has 0 aliphatic heterocycles. The van der Waals surface area contributed by atoms with Gasteiger partial charge in [0.25, 0.3) is 0 Å². The first-order chi connectivity index (χ1) is 10.4. The predicted molar refractivity (Wildman–Crippen MR) is 77.7 cm³/mol. The molecule has 0 spiro atoms. The van der Waals surface area contributed by atoms with Gasteiger partial charge in [0.2, 0.25) is 0 Å². The highest BCUT2D eigenvalue weighted by Crippen LogP contribution is 2.24. The number of nitrogens with zero attached hydrogens (tertiary/aromatic N) is 3. The Morgan fingerprint density at radius 2 is 1.86 bits per heavy atom. The summed E-state index contributed by atoms with van der Waals surface area (Å²) in [6.45, 7) is 0.643. The molecule has 0 amide bonds. The van der Waals surface area contributed by atoms with E-state index >= 15 is 0 Å². The summed E-state index contributed by atoms with van der Waals surface area (Å²) in [6.07, 6.45) is -4.30. The van der Waals surface area contributed by atoms with Crippen LogP contribution in [-0.2, 0) is 0 Å². The van der Waals surface area contributed by atoms with Gasteiger partial charge in [0.15, 0.2) is 5.65 Å². The van der Waals surface area contributed by atoms with Crippen LogP contribution in [0, 0.1) is 6.92 Å². The Labute approximate surface area is 124 Å². The fourth-order valence-electron chi connectivity index (χ4n) is 2.16. The zero-order chi connectivity index (χ0) is 15.7. The van der Waals surface area contributed by atoms with Gasteiger partial charge in [0.05, 0.1) is 11.4 Å². The average Bonchev–Trinajstić information content (AvgIpc) is 2.85. The maximum atomic E-state index is 12.5. The molecule has 1 N–H and O–H groups in total. The van der Waals surface area contributed by atoms with Gasteiger partial charge in [0.1, 0.15) is 12.4 Å². The van der Waals surface area contributed by atoms with Crippen LogP contribution in [0.1, 0.15) is 5.69 Å². The first-order valence-corrected chi connectivity index (χ1v) is 6.66. The van der Waals surface area contributed by atoms with Crippen LogP contribution < -0.4 is 5.32 Å². The second-order valence-electron chi connectivity index (χ2n) is 4.92. The van der Waals surface area contributed by atoms with Crippen molar-refractivity contribution in [1.82, 2.24) is 14.6 Å². The highest BCUT2D eigenvalue weighted by Gasteiger charge is 2.27. The summed E-state index contributed by atoms with van der Waals surface area (Å²) in [5.74, 6) is 0.259. The molecule has 1 aromatic carbocycles. The summed E-state index contributed by atoms with van der Waals surface area (Å²) in [5, 5.41) is 6.56. The van der Waals surface area contributed by atoms with E-state index in [4.69, 9.17) is 0 Å². The van der Waals surface area contributed by atoms with Gasteiger partial charge < -0.3 is 5.32 Å². The maximum Gasteiger partial charge on any atom is 0.405 e. The quantitative estimate of drug-likeness (QED) is 0.802. The second-order valence-corrected chi connectivity index (χ2v) is 4.92. The van der Waals surface area contributed by atoms with Crippen LogP contribution in [0.2, 0.25) is 0 Å². The minimum atomic E-state index is -4.30. The lowest BCUT2D eigenvalue weighted by atomic mass is 10.1. The van der Waals surface area contributed by atoms with E-state index in [1.807, 2.05) is 30.3 Å². The van der Waals surface area contributed by atoms with Gasteiger partial charge in [0, 0.05) is 17.7 Å². The van der Waals surface area contributed by atoms with Crippen LogP contribution in [-0.4, -0.2) is 27.3 Å². The molecule has 0 aliphatic carbocycles. The summed E-state index contributed by atoms with van der Waals surface area (Å²) in [5.41, 5.74) is 2.62. The lowest BCUT2D eigenvalue weighted by Crippen LogP contribution is -2.22. The number of halogens is 3. The fraction of sp³-hybridized carbons (Fsp3) is 0.200. The molecule has 0 fully saturated rings. The van der Waals surface area contributed by atoms with Gasteiger partial charge in [-0.25, -0.2) is 4.98 Å². The van der Waals surface area contributed by atoms with Gasteiger partial charge in [-0.15, -0.1) is 0 Å². The molecule has 7 heteroatoms. The van der Waals surface area contributed by atoms with Crippen molar-refractivity contribution in [3.8, 4) is 11.3 Å². The van der Waals surface area contributed by atoms with Gasteiger partial charge in [-0.1, -0.05) is 30.3 Å². The first-order valence-electron chi connectivity index (χ1n) is 6.66. The third-order valence-electron chi connectivity index (χ3n) is 3.09. The van der Waals surface area contributed by atoms with E-state index in [1.165, 1.54) is 4.52 Å². The summed E-state index contributed by atoms with van der Waals surface area (Å²) >= 11 is 0. The predicted octanol–water partition coefficient (Wildman–Crippen LogP) is 3.68. The zero-order valence-electron chi connectivity index (χ0n) is 11.7. The molecule has 3 aromatic rings. The minimum absolute atomic E-state index is 0.259. The molecule has 2 heterocycles. The highest BCUT2D eigenvalue weighted by molar-refractivity contribution is 5.66. The minimum Gasteiger partial charge on any atom is -0.361 e. The summed E-state index contributed by atoms with van der Waals surface area (Å²) < 4.78 is 38.8. The third-order valence-corrected chi connectivity index (χ3v) is 3.09. The largest absolute Gasteiger partial charge is 0.405 e. The van der Waals surface area contributed by atoms with E-state index in [1.54, 1.807) is 19.1 Å². The van der Waals surface area contributed by atoms with E-state index in [0.717, 1.165) is 5.56 Å². The highest BCUT2D eigenvalue weighted by atomic mass is 19.4. The number of benzene rings is 1. The number of hydrogen-bond acceptors (Lipinski definition) is 3. The van der Waals surface area contributed by atoms with E-state index in [0.29, 0.717) is 17.0 Å². The smallest absolute Gasteiger partial charge is 0.361 e. The van der Waals surface area contributed by atoms with Crippen LogP contribution in [0.4, 0.5) is 19.0 Å². The summed E-state index contributed by atoms with van der Waals surface area (Å²) in [4.78, 5) is 4.45. The Bertz CT molecular complexity index is 794. The van der Waals surface area contributed by atoms with Crippen molar-refractivity contribution in [3.05, 3.63) is 48.2 Å². The Morgan fingerprint density at radius 1 is 1.14 bits per heavy atom. The Morgan fingerprint density at radius 3 is 2.55 bits per heavy atom. The van der Waals surface area contributed by atoms with E-state index < -0.39 is 12.7 Å². The van der Waals surface area contributed by atoms with Crippen molar-refractivity contribution in [2.75, 3.05) is 11.9 Å². The van der Waals surface area contributed by atoms with Crippen LogP contribution in [0.3, 0.4) is 0 Å². The molecule has 0 aliphatic rings. The number of hydrogen-bond donors (Lipinski definition) is 1. The van der Waals surface area contributed by atoms with Gasteiger partial charge >= 0.3 is 6.18 Å². The van der Waals surface area contributed by atoms with E-state index in [-0.39, 0.29) is 5.82 Å². The Balaban J connectivity index is 2.08. The van der Waals surface area contributed by atoms with Gasteiger partial charge in [-0.05, 0) is 6.92 Å². The van der Waals surface area contributed by atoms with Crippen molar-refractivity contribution >= 4 is 11.5 Å². The molecule has 0 saturated heterocycles. The van der Waals surface area contributed by atoms with E-state index in [2.05, 4.69) is 15.4 Å². The molecule has 22 heavy (non-hydrogen) atoms. The lowest BCUT2D eigenvalue weighted by Gasteiger charge is -2.12. The molecule has 0 unspecified atom stereocenters. The molecule has 2 aromatic heterocycles. The van der Waals surface area contributed by atoms with Gasteiger partial charge in [-0.2, -0.15) is 22.8 Å². The standard InChI is InChI=1S/C15H13F3N4/c1-10-7-14-20-12(11-5-3-2-4-6-11)8-13(22(14)21-10)19-9-15(16,17)18/h2-8,19H,9H2,1H3. The van der Waals surface area contributed by atoms with Crippen molar-refractivity contribution in [2.24, 2.45) is 0 Å². The summed E-state index contributed by atoms with van der Waals surface area (Å²) in [7, 11) is 0. The number of rotatable bonds is 3. The van der Waals surface area contributed by atoms with Crippen molar-refractivity contribution in [2.45, 2.75) is 13.1 Å². The molecule has 0 saturated carbocycles. The lowest BCUT2D eigenvalue weighted by molar-refractivity contribution is -0.115. The molecule has 4 nitrogen and oxygen atoms in total. The van der Waals surface area contributed by atoms with Crippen LogP contribution in [0.25, 0.3) is 16.9 Å². The second kappa shape index (κ2) is 5.32. The monoisotopic (exact) mass is 306 g/mol. The van der Waals surface area contributed by atoms with Crippen LogP contribution in [0.5, 0.6) is 0 Å². The summed E-state index contributed by atoms with van der Waals surface area (Å²) in [6, 6.07) is 12.6. The molecule has 0 radical (unpaired) electrons. The molecule has 114 valence electrons. The molecule has 0 atom stereocenters. The molecular formula is C15H13F3N4. The van der Waals surface area contributed by atoms with Crippen molar-refractivity contribution in [1.29, 1.82) is 0 Å². The van der Waals surface area contributed by atoms with Crippen LogP contribution in [0.15, 0.2) is 42.5 Å². The average molecular weight is 306 g/mol. The Hall–Kier alpha value is -2.57. The number of alkyl halides is 3. The number of fused-ring (bicyclic) bond motifs is 1. The zero-order valence-corrected chi connectivity index (χ0v) is 11.7. The molecule has 3 rings (SSSR count). The van der Waals surface area contributed by atoms with E-state index in [9.17, 15) is 13.2 Å². The third kappa shape index (κ3) is 3.03. The topological polar surface area (TPSA) is 42.2 Å². The fourth-order valence-corrected chi connectivity index (χ4v) is 2.16. The van der Waals surface area contributed by atoms with Crippen LogP contribution >= 0.6 is 0 Å². The SMILES string of the molecule is Cc1cc2nc(-c3ccccc3)cc(NCC(F)(F)F)n2n1. The van der Waals surface area contributed by atoms with Crippen molar-refractivity contribution < 1.29 is 13.2 Å². The maximum absolute atomic E-state index is 12.5. The number of aromatic nitrogens is 3. The Kier molecular flexibility index (Phi) is 3.48. The van der Waals surface area contributed by atoms with Crippen molar-refractivity contribution in [3.63, 3.8) is 0 Å². The molecule has 0 bridgehead atoms. The number of anilines is 1. The number of nitrogens with one attached hydrogen (secondary N) is 1. The normalized spacial score (nSPS) is 11.8. The first kappa shape index (κ1) is 14.4. The molecular weight excluding hydrogens is 293 g/mol. The number of aryl methyl sites for hydroxylation is 1.